The van der Waals surface area contributed by atoms with Crippen LogP contribution in [0.2, 0.25) is 0 Å². The summed E-state index contributed by atoms with van der Waals surface area (Å²) in [4.78, 5) is 4.22. The number of ether oxygens (including phenoxy) is 2. The van der Waals surface area contributed by atoms with Crippen molar-refractivity contribution in [3.63, 3.8) is 0 Å². The number of methoxy groups -OCH3 is 1. The lowest BCUT2D eigenvalue weighted by Crippen LogP contribution is -2.30. The minimum Gasteiger partial charge on any atom is -0.493 e. The van der Waals surface area contributed by atoms with Crippen molar-refractivity contribution in [2.45, 2.75) is 13.5 Å². The Kier molecular flexibility index (Phi) is 6.09. The maximum atomic E-state index is 5.51. The van der Waals surface area contributed by atoms with Crippen molar-refractivity contribution in [1.82, 2.24) is 5.32 Å². The van der Waals surface area contributed by atoms with Gasteiger partial charge < -0.3 is 20.1 Å². The molecule has 1 aromatic carbocycles. The van der Waals surface area contributed by atoms with Gasteiger partial charge in [-0.15, -0.1) is 0 Å². The Morgan fingerprint density at radius 2 is 2.14 bits per heavy atom. The largest absolute Gasteiger partial charge is 0.493 e. The molecule has 118 valence electrons. The summed E-state index contributed by atoms with van der Waals surface area (Å²) in [5.74, 6) is 2.13. The summed E-state index contributed by atoms with van der Waals surface area (Å²) in [5, 5.41) is 10.7. The van der Waals surface area contributed by atoms with E-state index in [-0.39, 0.29) is 0 Å². The molecule has 0 spiro atoms. The molecule has 2 rings (SSSR count). The van der Waals surface area contributed by atoms with Gasteiger partial charge in [-0.25, -0.2) is 0 Å². The molecule has 6 heteroatoms. The molecule has 0 radical (unpaired) electrons. The summed E-state index contributed by atoms with van der Waals surface area (Å²) in [6.45, 7) is 3.28. The highest BCUT2D eigenvalue weighted by Crippen LogP contribution is 2.30. The molecule has 5 nitrogen and oxygen atoms in total. The van der Waals surface area contributed by atoms with E-state index in [4.69, 9.17) is 9.47 Å². The zero-order valence-electron chi connectivity index (χ0n) is 13.1. The Hall–Kier alpha value is -2.21. The van der Waals surface area contributed by atoms with Crippen molar-refractivity contribution < 1.29 is 9.47 Å². The lowest BCUT2D eigenvalue weighted by atomic mass is 10.2. The standard InChI is InChI=1S/C16H21N3O2S/c1-4-21-14-6-5-13(9-15(14)20-3)19-16(17-2)18-10-12-7-8-22-11-12/h5-9,11H,4,10H2,1-3H3,(H2,17,18,19). The molecule has 0 atom stereocenters. The smallest absolute Gasteiger partial charge is 0.195 e. The SMILES string of the molecule is CCOc1ccc(NC(=NC)NCc2ccsc2)cc1OC. The monoisotopic (exact) mass is 319 g/mol. The van der Waals surface area contributed by atoms with Gasteiger partial charge in [0.2, 0.25) is 0 Å². The quantitative estimate of drug-likeness (QED) is 0.633. The third-order valence-corrected chi connectivity index (χ3v) is 3.72. The molecule has 1 aromatic heterocycles. The highest BCUT2D eigenvalue weighted by Gasteiger charge is 2.07. The molecule has 2 aromatic rings. The number of guanidine groups is 1. The number of benzene rings is 1. The van der Waals surface area contributed by atoms with Crippen LogP contribution >= 0.6 is 11.3 Å². The normalized spacial score (nSPS) is 11.1. The van der Waals surface area contributed by atoms with Crippen molar-refractivity contribution >= 4 is 23.0 Å². The second-order valence-electron chi connectivity index (χ2n) is 4.48. The highest BCUT2D eigenvalue weighted by molar-refractivity contribution is 7.07. The van der Waals surface area contributed by atoms with Gasteiger partial charge in [0.05, 0.1) is 13.7 Å². The molecule has 0 aliphatic heterocycles. The number of aliphatic imine (C=N–C) groups is 1. The highest BCUT2D eigenvalue weighted by atomic mass is 32.1. The van der Waals surface area contributed by atoms with Gasteiger partial charge in [0, 0.05) is 25.3 Å². The maximum Gasteiger partial charge on any atom is 0.195 e. The average Bonchev–Trinajstić information content (AvgIpc) is 3.06. The number of rotatable bonds is 6. The van der Waals surface area contributed by atoms with Crippen molar-refractivity contribution in [2.24, 2.45) is 4.99 Å². The summed E-state index contributed by atoms with van der Waals surface area (Å²) in [5.41, 5.74) is 2.12. The Labute approximate surface area is 135 Å². The third-order valence-electron chi connectivity index (χ3n) is 2.99. The molecule has 22 heavy (non-hydrogen) atoms. The van der Waals surface area contributed by atoms with E-state index in [0.717, 1.165) is 18.0 Å². The summed E-state index contributed by atoms with van der Waals surface area (Å²) < 4.78 is 10.9. The molecule has 0 unspecified atom stereocenters. The van der Waals surface area contributed by atoms with Crippen LogP contribution < -0.4 is 20.1 Å². The first-order valence-corrected chi connectivity index (χ1v) is 8.00. The van der Waals surface area contributed by atoms with Gasteiger partial charge in [0.25, 0.3) is 0 Å². The molecule has 0 aliphatic rings. The zero-order chi connectivity index (χ0) is 15.8. The number of thiophene rings is 1. The Balaban J connectivity index is 2.01. The predicted molar refractivity (Wildman–Crippen MR) is 92.3 cm³/mol. The molecular formula is C16H21N3O2S. The van der Waals surface area contributed by atoms with Crippen LogP contribution in [0, 0.1) is 0 Å². The van der Waals surface area contributed by atoms with Crippen molar-refractivity contribution in [3.05, 3.63) is 40.6 Å². The average molecular weight is 319 g/mol. The van der Waals surface area contributed by atoms with E-state index in [1.54, 1.807) is 25.5 Å². The van der Waals surface area contributed by atoms with E-state index in [1.807, 2.05) is 25.1 Å². The molecule has 0 saturated heterocycles. The van der Waals surface area contributed by atoms with E-state index in [2.05, 4.69) is 32.5 Å². The number of anilines is 1. The van der Waals surface area contributed by atoms with E-state index >= 15 is 0 Å². The van der Waals surface area contributed by atoms with Gasteiger partial charge in [-0.2, -0.15) is 11.3 Å². The maximum absolute atomic E-state index is 5.51. The molecule has 0 saturated carbocycles. The van der Waals surface area contributed by atoms with Crippen LogP contribution in [0.15, 0.2) is 40.0 Å². The van der Waals surface area contributed by atoms with Gasteiger partial charge in [-0.3, -0.25) is 4.99 Å². The fourth-order valence-corrected chi connectivity index (χ4v) is 2.58. The van der Waals surface area contributed by atoms with Gasteiger partial charge in [-0.05, 0) is 41.4 Å². The minimum atomic E-state index is 0.604. The van der Waals surface area contributed by atoms with Crippen molar-refractivity contribution in [2.75, 3.05) is 26.1 Å². The van der Waals surface area contributed by atoms with E-state index < -0.39 is 0 Å². The molecule has 2 N–H and O–H groups in total. The lowest BCUT2D eigenvalue weighted by molar-refractivity contribution is 0.311. The number of nitrogens with zero attached hydrogens (tertiary/aromatic N) is 1. The Morgan fingerprint density at radius 1 is 1.27 bits per heavy atom. The van der Waals surface area contributed by atoms with Crippen molar-refractivity contribution in [1.29, 1.82) is 0 Å². The van der Waals surface area contributed by atoms with Crippen LogP contribution in [0.1, 0.15) is 12.5 Å². The summed E-state index contributed by atoms with van der Waals surface area (Å²) in [6.07, 6.45) is 0. The van der Waals surface area contributed by atoms with Gasteiger partial charge >= 0.3 is 0 Å². The van der Waals surface area contributed by atoms with E-state index in [0.29, 0.717) is 18.3 Å². The fraction of sp³-hybridized carbons (Fsp3) is 0.312. The summed E-state index contributed by atoms with van der Waals surface area (Å²) in [7, 11) is 3.38. The van der Waals surface area contributed by atoms with Gasteiger partial charge in [0.15, 0.2) is 17.5 Å². The fourth-order valence-electron chi connectivity index (χ4n) is 1.91. The van der Waals surface area contributed by atoms with Crippen molar-refractivity contribution in [3.8, 4) is 11.5 Å². The second kappa shape index (κ2) is 8.29. The molecule has 0 bridgehead atoms. The number of nitrogens with one attached hydrogen (secondary N) is 2. The molecular weight excluding hydrogens is 298 g/mol. The first kappa shape index (κ1) is 16.2. The van der Waals surface area contributed by atoms with Gasteiger partial charge in [0.1, 0.15) is 0 Å². The van der Waals surface area contributed by atoms with Gasteiger partial charge in [-0.1, -0.05) is 0 Å². The molecule has 0 fully saturated rings. The lowest BCUT2D eigenvalue weighted by Gasteiger charge is -2.14. The van der Waals surface area contributed by atoms with Crippen LogP contribution in [0.4, 0.5) is 5.69 Å². The van der Waals surface area contributed by atoms with Crippen LogP contribution in [0.25, 0.3) is 0 Å². The van der Waals surface area contributed by atoms with Crippen LogP contribution in [0.5, 0.6) is 11.5 Å². The summed E-state index contributed by atoms with van der Waals surface area (Å²) in [6, 6.07) is 7.80. The third kappa shape index (κ3) is 4.39. The van der Waals surface area contributed by atoms with Crippen LogP contribution in [-0.4, -0.2) is 26.7 Å². The minimum absolute atomic E-state index is 0.604. The van der Waals surface area contributed by atoms with E-state index in [9.17, 15) is 0 Å². The topological polar surface area (TPSA) is 54.9 Å². The predicted octanol–water partition coefficient (Wildman–Crippen LogP) is 3.34. The Morgan fingerprint density at radius 3 is 2.77 bits per heavy atom. The summed E-state index contributed by atoms with van der Waals surface area (Å²) >= 11 is 1.68. The van der Waals surface area contributed by atoms with Crippen LogP contribution in [-0.2, 0) is 6.54 Å². The molecule has 0 amide bonds. The Bertz CT molecular complexity index is 612. The zero-order valence-corrected chi connectivity index (χ0v) is 13.9. The number of hydrogen-bond acceptors (Lipinski definition) is 4. The van der Waals surface area contributed by atoms with Crippen LogP contribution in [0.3, 0.4) is 0 Å². The molecule has 1 heterocycles. The first-order chi connectivity index (χ1) is 10.8. The second-order valence-corrected chi connectivity index (χ2v) is 5.26. The first-order valence-electron chi connectivity index (χ1n) is 7.06. The number of hydrogen-bond donors (Lipinski definition) is 2. The molecule has 0 aliphatic carbocycles. The van der Waals surface area contributed by atoms with E-state index in [1.165, 1.54) is 5.56 Å².